The number of hydrogen-bond donors (Lipinski definition) is 0. The van der Waals surface area contributed by atoms with E-state index in [4.69, 9.17) is 0 Å². The molecule has 0 heterocycles. The molecule has 0 spiro atoms. The number of fused-ring (bicyclic) bond motifs is 2. The second kappa shape index (κ2) is 18.8. The topological polar surface area (TPSA) is 0 Å². The van der Waals surface area contributed by atoms with Gasteiger partial charge in [-0.05, 0) is 28.5 Å². The average Bonchev–Trinajstić information content (AvgIpc) is 3.63. The molecule has 0 aromatic heterocycles. The zero-order valence-corrected chi connectivity index (χ0v) is 36.5. The number of halogens is 2. The van der Waals surface area contributed by atoms with Gasteiger partial charge < -0.3 is 24.8 Å². The van der Waals surface area contributed by atoms with E-state index in [1.54, 1.807) is 23.3 Å². The third kappa shape index (κ3) is 11.0. The van der Waals surface area contributed by atoms with Crippen molar-refractivity contribution in [3.8, 4) is 22.3 Å². The van der Waals surface area contributed by atoms with Gasteiger partial charge in [-0.1, -0.05) is 138 Å². The molecule has 1 unspecified atom stereocenters. The van der Waals surface area contributed by atoms with Crippen LogP contribution in [0.25, 0.3) is 43.8 Å². The third-order valence-electron chi connectivity index (χ3n) is 8.80. The Hall–Kier alpha value is -2.00. The number of aryl methyl sites for hydroxylation is 1. The molecule has 0 radical (unpaired) electrons. The molecule has 0 saturated heterocycles. The van der Waals surface area contributed by atoms with Crippen LogP contribution < -0.4 is 30.0 Å². The summed E-state index contributed by atoms with van der Waals surface area (Å²) in [5, 5.41) is 6.97. The van der Waals surface area contributed by atoms with Gasteiger partial charge in [0.1, 0.15) is 0 Å². The van der Waals surface area contributed by atoms with Crippen LogP contribution in [0.1, 0.15) is 62.6 Å². The molecular formula is C43H52Cl2Si2Zr-2. The quantitative estimate of drug-likeness (QED) is 0.130. The number of hydrogen-bond acceptors (Lipinski definition) is 0. The van der Waals surface area contributed by atoms with Crippen molar-refractivity contribution >= 4 is 40.2 Å². The van der Waals surface area contributed by atoms with Crippen molar-refractivity contribution in [1.29, 1.82) is 0 Å². The molecule has 0 fully saturated rings. The van der Waals surface area contributed by atoms with Gasteiger partial charge >= 0.3 is 41.9 Å². The van der Waals surface area contributed by atoms with Gasteiger partial charge in [0.2, 0.25) is 0 Å². The summed E-state index contributed by atoms with van der Waals surface area (Å²) in [5.74, 6) is 1.21. The second-order valence-electron chi connectivity index (χ2n) is 14.4. The van der Waals surface area contributed by atoms with Crippen LogP contribution in [-0.2, 0) is 23.3 Å². The van der Waals surface area contributed by atoms with Crippen LogP contribution in [0.3, 0.4) is 0 Å². The Morgan fingerprint density at radius 2 is 1.15 bits per heavy atom. The number of rotatable bonds is 6. The predicted molar refractivity (Wildman–Crippen MR) is 208 cm³/mol. The minimum Gasteiger partial charge on any atom is -1.00 e. The SMILES string of the molecule is CCC(C)c1cc2c(-c3ccc(C(C)C)cc3)cccc2[cH-]1.C[Si](C)=[Zr+2].Cc1cc2c(-c3ccc([Si](C)(C)C)cc3)cccc2[cH-]1.[Cl-].[Cl-]. The van der Waals surface area contributed by atoms with Crippen molar-refractivity contribution in [1.82, 2.24) is 0 Å². The second-order valence-corrected chi connectivity index (χ2v) is 28.8. The molecule has 48 heavy (non-hydrogen) atoms. The predicted octanol–water partition coefficient (Wildman–Crippen LogP) is 6.73. The molecule has 6 aromatic carbocycles. The van der Waals surface area contributed by atoms with Crippen molar-refractivity contribution in [2.45, 2.75) is 85.6 Å². The van der Waals surface area contributed by atoms with E-state index in [1.807, 2.05) is 0 Å². The van der Waals surface area contributed by atoms with Crippen LogP contribution in [0.15, 0.2) is 109 Å². The molecule has 0 nitrogen and oxygen atoms in total. The fraction of sp³-hybridized carbons (Fsp3) is 0.302. The van der Waals surface area contributed by atoms with E-state index < -0.39 is 8.07 Å². The molecular weight excluding hydrogens is 735 g/mol. The summed E-state index contributed by atoms with van der Waals surface area (Å²) in [7, 11) is -1.21. The molecule has 1 atom stereocenters. The van der Waals surface area contributed by atoms with E-state index in [-0.39, 0.29) is 30.2 Å². The van der Waals surface area contributed by atoms with Crippen molar-refractivity contribution in [3.05, 3.63) is 126 Å². The van der Waals surface area contributed by atoms with Crippen LogP contribution in [-0.4, -0.2) is 13.5 Å². The van der Waals surface area contributed by atoms with Crippen LogP contribution in [0, 0.1) is 6.92 Å². The first-order valence-electron chi connectivity index (χ1n) is 16.9. The molecule has 6 rings (SSSR count). The largest absolute Gasteiger partial charge is 1.00 e. The summed E-state index contributed by atoms with van der Waals surface area (Å²) in [6.45, 7) is 23.0. The first kappa shape index (κ1) is 42.2. The minimum absolute atomic E-state index is 0. The van der Waals surface area contributed by atoms with Crippen LogP contribution >= 0.6 is 0 Å². The molecule has 252 valence electrons. The first-order chi connectivity index (χ1) is 21.8. The Morgan fingerprint density at radius 1 is 0.688 bits per heavy atom. The van der Waals surface area contributed by atoms with E-state index >= 15 is 0 Å². The molecule has 0 aliphatic rings. The van der Waals surface area contributed by atoms with Crippen molar-refractivity contribution in [3.63, 3.8) is 0 Å². The smallest absolute Gasteiger partial charge is 0.0775 e. The van der Waals surface area contributed by atoms with Gasteiger partial charge in [-0.2, -0.15) is 12.1 Å². The maximum absolute atomic E-state index is 2.39. The summed E-state index contributed by atoms with van der Waals surface area (Å²) in [5.41, 5.74) is 9.75. The van der Waals surface area contributed by atoms with Crippen molar-refractivity contribution < 1.29 is 48.1 Å². The Morgan fingerprint density at radius 3 is 1.60 bits per heavy atom. The van der Waals surface area contributed by atoms with E-state index in [2.05, 4.69) is 177 Å². The Bertz CT molecular complexity index is 1880. The number of benzene rings is 4. The van der Waals surface area contributed by atoms with Crippen LogP contribution in [0.2, 0.25) is 32.7 Å². The molecule has 0 amide bonds. The van der Waals surface area contributed by atoms with E-state index in [0.29, 0.717) is 11.8 Å². The summed E-state index contributed by atoms with van der Waals surface area (Å²) in [6.07, 6.45) is 1.19. The maximum Gasteiger partial charge on any atom is 0.0775 e. The molecule has 5 heteroatoms. The molecule has 0 bridgehead atoms. The maximum atomic E-state index is 2.39. The van der Waals surface area contributed by atoms with Gasteiger partial charge in [0, 0.05) is 0 Å². The van der Waals surface area contributed by atoms with Crippen LogP contribution in [0.4, 0.5) is 0 Å². The van der Waals surface area contributed by atoms with E-state index in [1.165, 1.54) is 72.1 Å². The van der Waals surface area contributed by atoms with Crippen molar-refractivity contribution in [2.24, 2.45) is 0 Å². The van der Waals surface area contributed by atoms with Gasteiger partial charge in [0.15, 0.2) is 0 Å². The van der Waals surface area contributed by atoms with Gasteiger partial charge in [0.05, 0.1) is 8.07 Å². The van der Waals surface area contributed by atoms with Gasteiger partial charge in [-0.3, -0.25) is 0 Å². The molecule has 6 aromatic rings. The van der Waals surface area contributed by atoms with E-state index in [0.717, 1.165) is 0 Å². The molecule has 0 saturated carbocycles. The van der Waals surface area contributed by atoms with Gasteiger partial charge in [-0.25, -0.2) is 0 Å². The fourth-order valence-corrected chi connectivity index (χ4v) is 7.03. The Labute approximate surface area is 319 Å². The fourth-order valence-electron chi connectivity index (χ4n) is 5.86. The Kier molecular flexibility index (Phi) is 16.5. The normalized spacial score (nSPS) is 11.5. The van der Waals surface area contributed by atoms with Gasteiger partial charge in [0.25, 0.3) is 0 Å². The summed E-state index contributed by atoms with van der Waals surface area (Å²) < 4.78 is 0. The monoisotopic (exact) mass is 784 g/mol. The zero-order valence-electron chi connectivity index (χ0n) is 30.5. The Balaban J connectivity index is 0.000000290. The summed E-state index contributed by atoms with van der Waals surface area (Å²) in [6, 6.07) is 40.8. The van der Waals surface area contributed by atoms with E-state index in [9.17, 15) is 0 Å². The molecule has 0 N–H and O–H groups in total. The average molecular weight is 787 g/mol. The first-order valence-corrected chi connectivity index (χ1v) is 26.6. The van der Waals surface area contributed by atoms with Crippen molar-refractivity contribution in [2.75, 3.05) is 0 Å². The summed E-state index contributed by atoms with van der Waals surface area (Å²) >= 11 is 1.74. The third-order valence-corrected chi connectivity index (χ3v) is 10.9. The summed E-state index contributed by atoms with van der Waals surface area (Å²) in [4.78, 5) is 0. The van der Waals surface area contributed by atoms with Gasteiger partial charge in [-0.15, -0.1) is 69.1 Å². The standard InChI is InChI=1S/C22H25.C19H21Si.C2H6Si.2ClH.Zr/c1-5-16(4)20-13-19-7-6-8-21(22(19)14-20)18-11-9-17(10-12-18)15(2)3;1-14-12-16-6-5-7-18(19(16)13-14)15-8-10-17(11-9-15)20(2,3)4;1-3-2;;;/h6-16H,5H2,1-4H3;5-13H,1-4H3;1-2H3;2*1H;/q2*-1;;;;+2/p-2. The molecule has 0 aliphatic carbocycles. The minimum atomic E-state index is -1.21. The van der Waals surface area contributed by atoms with Crippen LogP contribution in [0.5, 0.6) is 0 Å². The zero-order chi connectivity index (χ0) is 33.6. The molecule has 0 aliphatic heterocycles.